The molecule has 3 nitrogen and oxygen atoms in total. The molecule has 2 atom stereocenters. The van der Waals surface area contributed by atoms with Crippen molar-refractivity contribution in [2.75, 3.05) is 13.6 Å². The Morgan fingerprint density at radius 2 is 1.51 bits per heavy atom. The molecule has 2 fully saturated rings. The van der Waals surface area contributed by atoms with Crippen LogP contribution in [0.2, 0.25) is 0 Å². The number of fused-ring (bicyclic) bond motifs is 10. The molecule has 2 aromatic heterocycles. The van der Waals surface area contributed by atoms with Crippen molar-refractivity contribution >= 4 is 44.8 Å². The lowest BCUT2D eigenvalue weighted by Crippen LogP contribution is -2.61. The number of pyridine rings is 1. The van der Waals surface area contributed by atoms with E-state index in [-0.39, 0.29) is 17.0 Å². The number of rotatable bonds is 7. The molecule has 5 heterocycles. The number of nitrogens with zero attached hydrogens (tertiary/aromatic N) is 2. The van der Waals surface area contributed by atoms with Crippen LogP contribution in [0.25, 0.3) is 44.6 Å². The Hall–Kier alpha value is -3.48. The highest BCUT2D eigenvalue weighted by atomic mass is 127. The average molecular weight is 951 g/mol. The van der Waals surface area contributed by atoms with Gasteiger partial charge in [-0.3, -0.25) is 4.48 Å². The smallest absolute Gasteiger partial charge is 0.214 e. The van der Waals surface area contributed by atoms with Crippen LogP contribution in [0.4, 0.5) is 0 Å². The topological polar surface area (TPSA) is 17.0 Å². The molecule has 0 spiro atoms. The van der Waals surface area contributed by atoms with Gasteiger partial charge < -0.3 is 4.42 Å². The number of likely N-dealkylation sites (N-methyl/N-ethyl adjacent to an activating group) is 1. The van der Waals surface area contributed by atoms with Gasteiger partial charge in [0.05, 0.1) is 33.9 Å². The summed E-state index contributed by atoms with van der Waals surface area (Å²) in [4.78, 5) is 0. The largest absolute Gasteiger partial charge is 0.460 e. The van der Waals surface area contributed by atoms with Crippen molar-refractivity contribution in [3.05, 3.63) is 121 Å². The fourth-order valence-corrected chi connectivity index (χ4v) is 15.2. The third kappa shape index (κ3) is 6.51. The molecular weight excluding hydrogens is 880 g/mol. The van der Waals surface area contributed by atoms with Crippen molar-refractivity contribution in [1.82, 2.24) is 0 Å². The van der Waals surface area contributed by atoms with Crippen molar-refractivity contribution in [1.29, 1.82) is 0 Å². The Kier molecular flexibility index (Phi) is 10.6. The SMILES string of the molecule is CCC1(CC)/C(=C2/c3c(cc(-c4cc(C)cc(C)c4)c4c5c(oc34)CCCC5)C3C=C(C(C)(C)C4CCCC4)CC[N+]23C)c2ccccc2-c2cc(CC3CCCCC3)c(I)c[n+]21. The Labute approximate surface area is 392 Å². The predicted octanol–water partition coefficient (Wildman–Crippen LogP) is 15.7. The summed E-state index contributed by atoms with van der Waals surface area (Å²) in [7, 11) is 2.63. The number of halogens is 1. The molecule has 0 saturated heterocycles. The normalized spacial score (nSPS) is 24.5. The van der Waals surface area contributed by atoms with Crippen LogP contribution in [0.15, 0.2) is 76.9 Å². The predicted molar refractivity (Wildman–Crippen MR) is 270 cm³/mol. The highest BCUT2D eigenvalue weighted by molar-refractivity contribution is 14.1. The van der Waals surface area contributed by atoms with E-state index in [2.05, 4.69) is 143 Å². The molecule has 328 valence electrons. The maximum Gasteiger partial charge on any atom is 0.214 e. The second kappa shape index (κ2) is 15.9. The number of aromatic nitrogens is 1. The van der Waals surface area contributed by atoms with Crippen LogP contribution in [-0.4, -0.2) is 18.1 Å². The lowest BCUT2D eigenvalue weighted by molar-refractivity contribution is -0.862. The third-order valence-electron chi connectivity index (χ3n) is 18.0. The van der Waals surface area contributed by atoms with Crippen LogP contribution in [0.3, 0.4) is 0 Å². The fraction of sp³-hybridized carbons (Fsp3) is 0.508. The fourth-order valence-electron chi connectivity index (χ4n) is 14.5. The zero-order valence-electron chi connectivity index (χ0n) is 39.5. The monoisotopic (exact) mass is 950 g/mol. The van der Waals surface area contributed by atoms with E-state index in [1.165, 1.54) is 159 Å². The summed E-state index contributed by atoms with van der Waals surface area (Å²) >= 11 is 2.71. The van der Waals surface area contributed by atoms with E-state index in [0.717, 1.165) is 55.0 Å². The number of benzene rings is 3. The average Bonchev–Trinajstić information content (AvgIpc) is 4.03. The third-order valence-corrected chi connectivity index (χ3v) is 19.0. The second-order valence-electron chi connectivity index (χ2n) is 21.9. The van der Waals surface area contributed by atoms with E-state index >= 15 is 0 Å². The first-order valence-electron chi connectivity index (χ1n) is 25.3. The number of hydrogen-bond acceptors (Lipinski definition) is 1. The van der Waals surface area contributed by atoms with Crippen LogP contribution in [-0.2, 0) is 24.8 Å². The Morgan fingerprint density at radius 3 is 2.24 bits per heavy atom. The van der Waals surface area contributed by atoms with Crippen LogP contribution >= 0.6 is 22.6 Å². The van der Waals surface area contributed by atoms with Crippen molar-refractivity contribution in [3.63, 3.8) is 0 Å². The van der Waals surface area contributed by atoms with Gasteiger partial charge in [-0.2, -0.15) is 4.57 Å². The lowest BCUT2D eigenvalue weighted by atomic mass is 9.69. The highest BCUT2D eigenvalue weighted by Gasteiger charge is 2.59. The van der Waals surface area contributed by atoms with E-state index in [0.29, 0.717) is 0 Å². The molecule has 3 aliphatic heterocycles. The van der Waals surface area contributed by atoms with Gasteiger partial charge in [0, 0.05) is 53.8 Å². The van der Waals surface area contributed by atoms with Gasteiger partial charge in [0.15, 0.2) is 17.4 Å². The number of hydrogen-bond donors (Lipinski definition) is 0. The van der Waals surface area contributed by atoms with Crippen LogP contribution in [0.1, 0.15) is 168 Å². The highest BCUT2D eigenvalue weighted by Crippen LogP contribution is 2.62. The Morgan fingerprint density at radius 1 is 0.810 bits per heavy atom. The van der Waals surface area contributed by atoms with E-state index in [4.69, 9.17) is 4.42 Å². The maximum absolute atomic E-state index is 7.53. The summed E-state index contributed by atoms with van der Waals surface area (Å²) in [6.45, 7) is 15.8. The summed E-state index contributed by atoms with van der Waals surface area (Å²) in [5.41, 5.74) is 21.5. The van der Waals surface area contributed by atoms with Crippen molar-refractivity contribution in [3.8, 4) is 22.4 Å². The molecule has 0 amide bonds. The number of aryl methyl sites for hydroxylation is 4. The van der Waals surface area contributed by atoms with E-state index in [1.54, 1.807) is 16.7 Å². The molecule has 0 radical (unpaired) electrons. The molecule has 4 heteroatoms. The van der Waals surface area contributed by atoms with Crippen molar-refractivity contribution < 1.29 is 13.5 Å². The molecule has 6 aliphatic rings. The zero-order chi connectivity index (χ0) is 43.4. The van der Waals surface area contributed by atoms with Gasteiger partial charge in [-0.05, 0) is 127 Å². The summed E-state index contributed by atoms with van der Waals surface area (Å²) in [5, 5.41) is 1.39. The van der Waals surface area contributed by atoms with Crippen LogP contribution in [0, 0.1) is 34.7 Å². The summed E-state index contributed by atoms with van der Waals surface area (Å²) < 4.78 is 12.6. The van der Waals surface area contributed by atoms with Crippen molar-refractivity contribution in [2.24, 2.45) is 17.3 Å². The Bertz CT molecular complexity index is 2690. The summed E-state index contributed by atoms with van der Waals surface area (Å²) in [5.74, 6) is 2.81. The van der Waals surface area contributed by atoms with E-state index < -0.39 is 0 Å². The van der Waals surface area contributed by atoms with Gasteiger partial charge in [0.2, 0.25) is 5.69 Å². The van der Waals surface area contributed by atoms with Gasteiger partial charge in [0.25, 0.3) is 0 Å². The van der Waals surface area contributed by atoms with Crippen molar-refractivity contribution in [2.45, 2.75) is 162 Å². The first-order valence-corrected chi connectivity index (χ1v) is 26.4. The van der Waals surface area contributed by atoms with E-state index in [1.807, 2.05) is 0 Å². The van der Waals surface area contributed by atoms with Gasteiger partial charge in [-0.1, -0.05) is 126 Å². The van der Waals surface area contributed by atoms with Gasteiger partial charge in [0.1, 0.15) is 17.4 Å². The standard InChI is InChI=1S/C59H71IN2O/c1-8-59(9-2)55(45-24-16-15-23-44(45)50-33-41(49(60)36-61(50)59)32-39-19-11-10-12-20-39)56-54-48(51-34-43(27-28-62(51,56)7)58(5,6)42-21-13-14-22-42)35-47(40-30-37(3)29-38(4)31-40)53-46-25-17-18-26-52(46)63-57(53)54/h15-16,23-24,29-31,33-36,39,42,51H,8-14,17-22,25-28,32H2,1-7H3/q+2/b56-55-. The molecule has 0 bridgehead atoms. The zero-order valence-corrected chi connectivity index (χ0v) is 41.6. The Balaban J connectivity index is 1.24. The first kappa shape index (κ1) is 42.2. The molecule has 11 rings (SSSR count). The minimum absolute atomic E-state index is 0.191. The minimum Gasteiger partial charge on any atom is -0.460 e. The molecule has 3 aromatic carbocycles. The molecule has 2 saturated carbocycles. The van der Waals surface area contributed by atoms with Gasteiger partial charge in [-0.25, -0.2) is 0 Å². The summed E-state index contributed by atoms with van der Waals surface area (Å²) in [6, 6.07) is 22.3. The number of quaternary nitrogens is 1. The van der Waals surface area contributed by atoms with Crippen LogP contribution < -0.4 is 4.57 Å². The summed E-state index contributed by atoms with van der Waals surface area (Å²) in [6.07, 6.45) is 26.8. The number of allylic oxidation sites excluding steroid dienone is 1. The number of furan rings is 1. The molecule has 0 N–H and O–H groups in total. The minimum atomic E-state index is -0.228. The first-order chi connectivity index (χ1) is 30.5. The lowest BCUT2D eigenvalue weighted by Gasteiger charge is -2.46. The molecular formula is C59H71IN2O+2. The maximum atomic E-state index is 7.53. The van der Waals surface area contributed by atoms with Gasteiger partial charge >= 0.3 is 0 Å². The second-order valence-corrected chi connectivity index (χ2v) is 23.0. The molecule has 3 aliphatic carbocycles. The molecule has 63 heavy (non-hydrogen) atoms. The van der Waals surface area contributed by atoms with E-state index in [9.17, 15) is 0 Å². The molecule has 2 unspecified atom stereocenters. The van der Waals surface area contributed by atoms with Crippen LogP contribution in [0.5, 0.6) is 0 Å². The quantitative estimate of drug-likeness (QED) is 0.0688. The van der Waals surface area contributed by atoms with Gasteiger partial charge in [-0.15, -0.1) is 0 Å². The molecule has 5 aromatic rings.